The van der Waals surface area contributed by atoms with Gasteiger partial charge in [0.05, 0.1) is 0 Å². The maximum atomic E-state index is 12.2. The number of amides is 1. The lowest BCUT2D eigenvalue weighted by molar-refractivity contribution is 0.0952. The van der Waals surface area contributed by atoms with E-state index in [1.165, 1.54) is 0 Å². The van der Waals surface area contributed by atoms with E-state index in [4.69, 9.17) is 0 Å². The molecule has 1 aromatic carbocycles. The SMILES string of the molecule is Cc1ccc(C)c(C(=O)NCC(Br)CC(C)(C)C)c1. The van der Waals surface area contributed by atoms with E-state index in [1.54, 1.807) is 0 Å². The van der Waals surface area contributed by atoms with Crippen LogP contribution in [-0.4, -0.2) is 17.3 Å². The van der Waals surface area contributed by atoms with Crippen molar-refractivity contribution in [3.05, 3.63) is 34.9 Å². The topological polar surface area (TPSA) is 29.1 Å². The minimum atomic E-state index is 0.0135. The predicted octanol–water partition coefficient (Wildman–Crippen LogP) is 4.23. The molecule has 0 aliphatic rings. The molecule has 0 radical (unpaired) electrons. The van der Waals surface area contributed by atoms with Crippen molar-refractivity contribution in [2.45, 2.75) is 45.9 Å². The Balaban J connectivity index is 2.58. The Bertz CT molecular complexity index is 449. The normalized spacial score (nSPS) is 13.2. The van der Waals surface area contributed by atoms with Gasteiger partial charge in [0, 0.05) is 16.9 Å². The summed E-state index contributed by atoms with van der Waals surface area (Å²) in [6.07, 6.45) is 1.03. The lowest BCUT2D eigenvalue weighted by Gasteiger charge is -2.22. The Labute approximate surface area is 125 Å². The first kappa shape index (κ1) is 16.2. The van der Waals surface area contributed by atoms with E-state index in [1.807, 2.05) is 32.0 Å². The summed E-state index contributed by atoms with van der Waals surface area (Å²) in [5, 5.41) is 3.00. The molecule has 0 bridgehead atoms. The monoisotopic (exact) mass is 325 g/mol. The van der Waals surface area contributed by atoms with Crippen LogP contribution in [0.3, 0.4) is 0 Å². The molecule has 2 nitrogen and oxygen atoms in total. The average Bonchev–Trinajstić information content (AvgIpc) is 2.27. The van der Waals surface area contributed by atoms with E-state index in [0.29, 0.717) is 11.4 Å². The van der Waals surface area contributed by atoms with Gasteiger partial charge in [-0.3, -0.25) is 4.79 Å². The zero-order valence-corrected chi connectivity index (χ0v) is 14.1. The molecule has 0 fully saturated rings. The van der Waals surface area contributed by atoms with Crippen molar-refractivity contribution in [2.24, 2.45) is 5.41 Å². The molecule has 1 amide bonds. The smallest absolute Gasteiger partial charge is 0.251 e. The van der Waals surface area contributed by atoms with E-state index in [2.05, 4.69) is 42.0 Å². The Morgan fingerprint density at radius 1 is 1.32 bits per heavy atom. The second-order valence-electron chi connectivity index (χ2n) is 6.39. The second kappa shape index (κ2) is 6.56. The van der Waals surface area contributed by atoms with Gasteiger partial charge in [0.2, 0.25) is 0 Å². The lowest BCUT2D eigenvalue weighted by atomic mass is 9.90. The maximum Gasteiger partial charge on any atom is 0.251 e. The molecule has 106 valence electrons. The largest absolute Gasteiger partial charge is 0.351 e. The van der Waals surface area contributed by atoms with Crippen molar-refractivity contribution in [3.63, 3.8) is 0 Å². The van der Waals surface area contributed by atoms with Crippen LogP contribution in [-0.2, 0) is 0 Å². The van der Waals surface area contributed by atoms with Gasteiger partial charge in [-0.1, -0.05) is 54.4 Å². The number of benzene rings is 1. The number of hydrogen-bond acceptors (Lipinski definition) is 1. The molecule has 0 aliphatic carbocycles. The number of halogens is 1. The van der Waals surface area contributed by atoms with Gasteiger partial charge in [-0.15, -0.1) is 0 Å². The highest BCUT2D eigenvalue weighted by Gasteiger charge is 2.17. The van der Waals surface area contributed by atoms with Crippen molar-refractivity contribution in [1.82, 2.24) is 5.32 Å². The summed E-state index contributed by atoms with van der Waals surface area (Å²) >= 11 is 3.63. The van der Waals surface area contributed by atoms with Crippen LogP contribution < -0.4 is 5.32 Å². The molecule has 0 saturated heterocycles. The highest BCUT2D eigenvalue weighted by molar-refractivity contribution is 9.09. The summed E-state index contributed by atoms with van der Waals surface area (Å²) in [6, 6.07) is 5.96. The number of aryl methyl sites for hydroxylation is 2. The minimum absolute atomic E-state index is 0.0135. The first-order valence-electron chi connectivity index (χ1n) is 6.68. The number of nitrogens with one attached hydrogen (secondary N) is 1. The Morgan fingerprint density at radius 2 is 1.95 bits per heavy atom. The third kappa shape index (κ3) is 5.77. The molecule has 0 heterocycles. The summed E-state index contributed by atoms with van der Waals surface area (Å²) in [5.41, 5.74) is 3.17. The van der Waals surface area contributed by atoms with Crippen molar-refractivity contribution >= 4 is 21.8 Å². The van der Waals surface area contributed by atoms with Gasteiger partial charge in [0.15, 0.2) is 0 Å². The molecule has 0 saturated carbocycles. The third-order valence-electron chi connectivity index (χ3n) is 2.96. The molecular formula is C16H24BrNO. The lowest BCUT2D eigenvalue weighted by Crippen LogP contribution is -2.31. The fourth-order valence-corrected chi connectivity index (χ4v) is 3.15. The summed E-state index contributed by atoms with van der Waals surface area (Å²) in [7, 11) is 0. The number of rotatable bonds is 4. The fourth-order valence-electron chi connectivity index (χ4n) is 2.02. The van der Waals surface area contributed by atoms with Crippen molar-refractivity contribution in [2.75, 3.05) is 6.54 Å². The van der Waals surface area contributed by atoms with Gasteiger partial charge < -0.3 is 5.32 Å². The van der Waals surface area contributed by atoms with Crippen molar-refractivity contribution in [1.29, 1.82) is 0 Å². The van der Waals surface area contributed by atoms with E-state index >= 15 is 0 Å². The van der Waals surface area contributed by atoms with Crippen LogP contribution in [0.1, 0.15) is 48.7 Å². The summed E-state index contributed by atoms with van der Waals surface area (Å²) in [4.78, 5) is 12.5. The maximum absolute atomic E-state index is 12.2. The fraction of sp³-hybridized carbons (Fsp3) is 0.562. The molecule has 1 atom stereocenters. The van der Waals surface area contributed by atoms with Crippen LogP contribution in [0.2, 0.25) is 0 Å². The molecule has 0 spiro atoms. The van der Waals surface area contributed by atoms with Crippen LogP contribution in [0, 0.1) is 19.3 Å². The van der Waals surface area contributed by atoms with Crippen molar-refractivity contribution < 1.29 is 4.79 Å². The quantitative estimate of drug-likeness (QED) is 0.824. The highest BCUT2D eigenvalue weighted by Crippen LogP contribution is 2.24. The number of alkyl halides is 1. The van der Waals surface area contributed by atoms with Gasteiger partial charge in [0.1, 0.15) is 0 Å². The van der Waals surface area contributed by atoms with Gasteiger partial charge >= 0.3 is 0 Å². The summed E-state index contributed by atoms with van der Waals surface area (Å²) < 4.78 is 0. The molecule has 0 aromatic heterocycles. The van der Waals surface area contributed by atoms with E-state index in [-0.39, 0.29) is 11.3 Å². The predicted molar refractivity (Wildman–Crippen MR) is 85.0 cm³/mol. The minimum Gasteiger partial charge on any atom is -0.351 e. The number of carbonyl (C=O) groups is 1. The first-order valence-corrected chi connectivity index (χ1v) is 7.60. The van der Waals surface area contributed by atoms with Gasteiger partial charge in [-0.05, 0) is 37.3 Å². The summed E-state index contributed by atoms with van der Waals surface area (Å²) in [5.74, 6) is 0.0135. The highest BCUT2D eigenvalue weighted by atomic mass is 79.9. The molecule has 1 rings (SSSR count). The molecule has 3 heteroatoms. The molecule has 0 aliphatic heterocycles. The van der Waals surface area contributed by atoms with Crippen LogP contribution in [0.4, 0.5) is 0 Å². The third-order valence-corrected chi connectivity index (χ3v) is 3.60. The Morgan fingerprint density at radius 3 is 2.53 bits per heavy atom. The first-order chi connectivity index (χ1) is 8.69. The standard InChI is InChI=1S/C16H24BrNO/c1-11-6-7-12(2)14(8-11)15(19)18-10-13(17)9-16(3,4)5/h6-8,13H,9-10H2,1-5H3,(H,18,19). The van der Waals surface area contributed by atoms with Gasteiger partial charge in [-0.2, -0.15) is 0 Å². The summed E-state index contributed by atoms with van der Waals surface area (Å²) in [6.45, 7) is 11.2. The number of hydrogen-bond donors (Lipinski definition) is 1. The van der Waals surface area contributed by atoms with E-state index < -0.39 is 0 Å². The van der Waals surface area contributed by atoms with Crippen molar-refractivity contribution in [3.8, 4) is 0 Å². The van der Waals surface area contributed by atoms with Crippen LogP contribution in [0.25, 0.3) is 0 Å². The van der Waals surface area contributed by atoms with Gasteiger partial charge in [-0.25, -0.2) is 0 Å². The Kier molecular flexibility index (Phi) is 5.60. The second-order valence-corrected chi connectivity index (χ2v) is 7.69. The van der Waals surface area contributed by atoms with Crippen LogP contribution in [0.5, 0.6) is 0 Å². The van der Waals surface area contributed by atoms with E-state index in [9.17, 15) is 4.79 Å². The molecular weight excluding hydrogens is 302 g/mol. The van der Waals surface area contributed by atoms with E-state index in [0.717, 1.165) is 23.1 Å². The Hall–Kier alpha value is -0.830. The van der Waals surface area contributed by atoms with Crippen LogP contribution >= 0.6 is 15.9 Å². The number of carbonyl (C=O) groups excluding carboxylic acids is 1. The molecule has 1 aromatic rings. The average molecular weight is 326 g/mol. The zero-order chi connectivity index (χ0) is 14.6. The molecule has 1 N–H and O–H groups in total. The molecule has 1 unspecified atom stereocenters. The van der Waals surface area contributed by atoms with Crippen LogP contribution in [0.15, 0.2) is 18.2 Å². The molecule has 19 heavy (non-hydrogen) atoms. The van der Waals surface area contributed by atoms with Gasteiger partial charge in [0.25, 0.3) is 5.91 Å². The zero-order valence-electron chi connectivity index (χ0n) is 12.5.